The summed E-state index contributed by atoms with van der Waals surface area (Å²) in [5, 5.41) is 0. The van der Waals surface area contributed by atoms with Gasteiger partial charge in [0.1, 0.15) is 20.0 Å². The smallest absolute Gasteiger partial charge is 0.115 e. The summed E-state index contributed by atoms with van der Waals surface area (Å²) in [5.41, 5.74) is 0.713. The Morgan fingerprint density at radius 2 is 1.38 bits per heavy atom. The molecule has 0 aliphatic carbocycles. The second-order valence-corrected chi connectivity index (χ2v) is 2.44. The maximum Gasteiger partial charge on any atom is 0.115 e. The van der Waals surface area contributed by atoms with Crippen molar-refractivity contribution in [2.75, 3.05) is 0 Å². The summed E-state index contributed by atoms with van der Waals surface area (Å²) in [7, 11) is 0. The molecule has 0 unspecified atom stereocenters. The molecule has 4 heteroatoms. The van der Waals surface area contributed by atoms with Gasteiger partial charge in [-0.05, 0) is 34.9 Å². The quantitative estimate of drug-likeness (QED) is 0.702. The van der Waals surface area contributed by atoms with Crippen molar-refractivity contribution in [3.8, 4) is 0 Å². The van der Waals surface area contributed by atoms with Crippen LogP contribution in [0.25, 0.3) is 0 Å². The van der Waals surface area contributed by atoms with Crippen molar-refractivity contribution in [1.29, 1.82) is 0 Å². The van der Waals surface area contributed by atoms with E-state index in [4.69, 9.17) is 0 Å². The van der Waals surface area contributed by atoms with Crippen LogP contribution in [0.2, 0.25) is 0 Å². The Morgan fingerprint density at radius 3 is 1.69 bits per heavy atom. The molecule has 0 saturated carbocycles. The molecule has 1 aromatic carbocycles. The van der Waals surface area contributed by atoms with Gasteiger partial charge in [0, 0.05) is 16.5 Å². The first kappa shape index (κ1) is 12.5. The summed E-state index contributed by atoms with van der Waals surface area (Å²) in [6.07, 6.45) is 0. The fourth-order valence-corrected chi connectivity index (χ4v) is 0.989. The Bertz CT molecular complexity index is 208. The fraction of sp³-hybridized carbons (Fsp3) is 0.333. The molecule has 0 bridgehead atoms. The van der Waals surface area contributed by atoms with Crippen molar-refractivity contribution < 1.29 is 29.7 Å². The first-order valence-corrected chi connectivity index (χ1v) is 3.52. The Kier molecular flexibility index (Phi) is 5.80. The van der Waals surface area contributed by atoms with Crippen LogP contribution in [0.1, 0.15) is 16.7 Å². The summed E-state index contributed by atoms with van der Waals surface area (Å²) in [4.78, 5) is 0. The molecule has 1 aromatic rings. The zero-order chi connectivity index (χ0) is 8.97. The Balaban J connectivity index is 0.00000144. The average molecular weight is 232 g/mol. The molecule has 0 aliphatic heterocycles. The molecule has 0 heterocycles. The van der Waals surface area contributed by atoms with E-state index in [2.05, 4.69) is 6.07 Å². The van der Waals surface area contributed by atoms with Crippen LogP contribution in [-0.4, -0.2) is 0 Å². The van der Waals surface area contributed by atoms with Crippen molar-refractivity contribution in [2.24, 2.45) is 0 Å². The van der Waals surface area contributed by atoms with Gasteiger partial charge in [-0.25, -0.2) is 13.2 Å². The van der Waals surface area contributed by atoms with Gasteiger partial charge in [-0.1, -0.05) is 0 Å². The minimum Gasteiger partial charge on any atom is -0.246 e. The second kappa shape index (κ2) is 6.03. The molecule has 75 valence electrons. The average Bonchev–Trinajstić information content (AvgIpc) is 2.16. The van der Waals surface area contributed by atoms with Gasteiger partial charge in [0.05, 0.1) is 0 Å². The molecule has 0 N–H and O–H groups in total. The minimum atomic E-state index is -0.735. The van der Waals surface area contributed by atoms with Crippen LogP contribution in [0.4, 0.5) is 13.2 Å². The molecule has 1 radical (unpaired) electrons. The molecule has 0 amide bonds. The Morgan fingerprint density at radius 1 is 0.923 bits per heavy atom. The van der Waals surface area contributed by atoms with Crippen molar-refractivity contribution in [3.05, 3.63) is 34.9 Å². The molecule has 0 saturated heterocycles. The van der Waals surface area contributed by atoms with E-state index in [0.717, 1.165) is 0 Å². The van der Waals surface area contributed by atoms with Crippen LogP contribution in [0.3, 0.4) is 0 Å². The van der Waals surface area contributed by atoms with Crippen LogP contribution in [0.15, 0.2) is 12.1 Å². The molecule has 0 atom stereocenters. The molecule has 0 aliphatic rings. The summed E-state index contributed by atoms with van der Waals surface area (Å²) >= 11 is 0. The van der Waals surface area contributed by atoms with Gasteiger partial charge in [0.2, 0.25) is 0 Å². The van der Waals surface area contributed by atoms with Crippen LogP contribution in [0, 0.1) is 6.07 Å². The predicted octanol–water partition coefficient (Wildman–Crippen LogP) is 2.89. The van der Waals surface area contributed by atoms with Gasteiger partial charge in [-0.2, -0.15) is 0 Å². The number of halogens is 3. The molecular weight excluding hydrogens is 224 g/mol. The van der Waals surface area contributed by atoms with E-state index < -0.39 is 20.0 Å². The Hall–Kier alpha value is -0.496. The van der Waals surface area contributed by atoms with E-state index in [1.807, 2.05) is 0 Å². The zero-order valence-electron chi connectivity index (χ0n) is 6.73. The van der Waals surface area contributed by atoms with Crippen molar-refractivity contribution in [1.82, 2.24) is 0 Å². The Labute approximate surface area is 85.1 Å². The van der Waals surface area contributed by atoms with Crippen molar-refractivity contribution >= 4 is 0 Å². The SMILES string of the molecule is FCc1[c]c(CF)cc(CF)c1.[Ni]. The summed E-state index contributed by atoms with van der Waals surface area (Å²) in [6, 6.07) is 5.19. The largest absolute Gasteiger partial charge is 0.246 e. The minimum absolute atomic E-state index is 0. The maximum atomic E-state index is 12.1. The van der Waals surface area contributed by atoms with Crippen LogP contribution >= 0.6 is 0 Å². The number of rotatable bonds is 3. The molecule has 0 spiro atoms. The second-order valence-electron chi connectivity index (χ2n) is 2.44. The van der Waals surface area contributed by atoms with Crippen molar-refractivity contribution in [2.45, 2.75) is 20.0 Å². The fourth-order valence-electron chi connectivity index (χ4n) is 0.989. The third-order valence-corrected chi connectivity index (χ3v) is 1.48. The summed E-state index contributed by atoms with van der Waals surface area (Å²) in [5.74, 6) is 0. The zero-order valence-corrected chi connectivity index (χ0v) is 7.71. The van der Waals surface area contributed by atoms with E-state index >= 15 is 0 Å². The van der Waals surface area contributed by atoms with Gasteiger partial charge in [-0.15, -0.1) is 0 Å². The molecular formula is C9H8F3Ni. The van der Waals surface area contributed by atoms with Crippen LogP contribution < -0.4 is 0 Å². The molecule has 0 nitrogen and oxygen atoms in total. The summed E-state index contributed by atoms with van der Waals surface area (Å²) < 4.78 is 36.3. The molecule has 13 heavy (non-hydrogen) atoms. The molecule has 0 aromatic heterocycles. The standard InChI is InChI=1S/C9H8F3.Ni/c10-4-7-1-8(5-11)3-9(2-7)6-12;/h1-2H,4-6H2;. The number of hydrogen-bond acceptors (Lipinski definition) is 0. The van der Waals surface area contributed by atoms with Gasteiger partial charge >= 0.3 is 0 Å². The molecule has 0 fully saturated rings. The molecule has 1 rings (SSSR count). The van der Waals surface area contributed by atoms with E-state index in [1.54, 1.807) is 0 Å². The van der Waals surface area contributed by atoms with Gasteiger partial charge in [0.15, 0.2) is 0 Å². The maximum absolute atomic E-state index is 12.1. The van der Waals surface area contributed by atoms with Crippen LogP contribution in [0.5, 0.6) is 0 Å². The van der Waals surface area contributed by atoms with E-state index in [0.29, 0.717) is 5.56 Å². The first-order valence-electron chi connectivity index (χ1n) is 3.52. The van der Waals surface area contributed by atoms with E-state index in [9.17, 15) is 13.2 Å². The third kappa shape index (κ3) is 3.39. The van der Waals surface area contributed by atoms with Gasteiger partial charge in [0.25, 0.3) is 0 Å². The third-order valence-electron chi connectivity index (χ3n) is 1.48. The monoisotopic (exact) mass is 231 g/mol. The van der Waals surface area contributed by atoms with Crippen LogP contribution in [-0.2, 0) is 36.5 Å². The topological polar surface area (TPSA) is 0 Å². The number of hydrogen-bond donors (Lipinski definition) is 0. The number of alkyl halides is 3. The number of benzene rings is 1. The normalized spacial score (nSPS) is 9.46. The summed E-state index contributed by atoms with van der Waals surface area (Å²) in [6.45, 7) is -2.17. The van der Waals surface area contributed by atoms with E-state index in [1.165, 1.54) is 12.1 Å². The predicted molar refractivity (Wildman–Crippen MR) is 39.7 cm³/mol. The van der Waals surface area contributed by atoms with Gasteiger partial charge in [-0.3, -0.25) is 0 Å². The van der Waals surface area contributed by atoms with E-state index in [-0.39, 0.29) is 27.6 Å². The first-order chi connectivity index (χ1) is 5.80. The van der Waals surface area contributed by atoms with Gasteiger partial charge < -0.3 is 0 Å². The van der Waals surface area contributed by atoms with Crippen molar-refractivity contribution in [3.63, 3.8) is 0 Å².